The summed E-state index contributed by atoms with van der Waals surface area (Å²) in [6.45, 7) is 19.8. The molecule has 7 nitrogen and oxygen atoms in total. The summed E-state index contributed by atoms with van der Waals surface area (Å²) in [5.74, 6) is 3.71. The molecular formula is C41H72N4O3. The van der Waals surface area contributed by atoms with Crippen LogP contribution in [0.4, 0.5) is 4.79 Å². The Morgan fingerprint density at radius 1 is 0.875 bits per heavy atom. The third-order valence-electron chi connectivity index (χ3n) is 16.2. The molecule has 7 rings (SSSR count). The topological polar surface area (TPSA) is 57.3 Å². The van der Waals surface area contributed by atoms with Gasteiger partial charge in [0, 0.05) is 63.7 Å². The van der Waals surface area contributed by atoms with Crippen molar-refractivity contribution in [3.63, 3.8) is 0 Å². The molecule has 0 bridgehead atoms. The van der Waals surface area contributed by atoms with Crippen LogP contribution in [0.5, 0.6) is 0 Å². The fourth-order valence-electron chi connectivity index (χ4n) is 12.8. The number of urea groups is 1. The van der Waals surface area contributed by atoms with E-state index >= 15 is 0 Å². The number of hydrogen-bond acceptors (Lipinski definition) is 5. The Morgan fingerprint density at radius 3 is 2.33 bits per heavy atom. The van der Waals surface area contributed by atoms with E-state index in [-0.39, 0.29) is 11.8 Å². The maximum atomic E-state index is 14.1. The Hall–Kier alpha value is -0.890. The molecule has 4 saturated carbocycles. The average molecular weight is 669 g/mol. The standard InChI is InChI=1S/C41H72N4O3/c1-7-31-26-34(42-38(46)45(35-11-9-8-10-12-35)24-23-44-21-19-43(6)20-22-44)15-17-39(31,4)32-14-16-40(5)33(25-32)27-36-37(40)30(3)41(48-36)18-13-29(2)28-47-41/h29-37H,7-28H2,1-6H3,(H,42,46)/t29-,30-,31+,32?,33?,34+,36?,37?,39-,40-,41+/m0/s1. The maximum Gasteiger partial charge on any atom is 0.317 e. The lowest BCUT2D eigenvalue weighted by molar-refractivity contribution is -0.272. The molecule has 3 heterocycles. The number of carbonyl (C=O) groups excluding carboxylic acids is 1. The number of nitrogens with zero attached hydrogens (tertiary/aromatic N) is 3. The normalized spacial score (nSPS) is 46.0. The predicted octanol–water partition coefficient (Wildman–Crippen LogP) is 7.78. The van der Waals surface area contributed by atoms with Crippen molar-refractivity contribution in [1.82, 2.24) is 20.0 Å². The van der Waals surface area contributed by atoms with Gasteiger partial charge in [-0.25, -0.2) is 4.79 Å². The van der Waals surface area contributed by atoms with E-state index in [1.807, 2.05) is 0 Å². The molecule has 7 aliphatic rings. The van der Waals surface area contributed by atoms with Gasteiger partial charge in [-0.05, 0) is 112 Å². The summed E-state index contributed by atoms with van der Waals surface area (Å²) in [6.07, 6.45) is 19.0. The minimum atomic E-state index is -0.314. The zero-order valence-corrected chi connectivity index (χ0v) is 31.8. The number of hydrogen-bond donors (Lipinski definition) is 1. The van der Waals surface area contributed by atoms with Crippen LogP contribution < -0.4 is 5.32 Å². The number of piperazine rings is 1. The SMILES string of the molecule is CC[C@@H]1C[C@H](NC(=O)N(CCN2CCN(C)CC2)C2CCCCC2)CC[C@]1(C)C1CC[C@@]2(C)C(CC3O[C@]4(CC[C@H](C)CO4)[C@@H](C)C32)C1. The molecule has 1 spiro atoms. The first-order chi connectivity index (χ1) is 23.0. The number of likely N-dealkylation sites (N-methyl/N-ethyl adjacent to an activating group) is 1. The summed E-state index contributed by atoms with van der Waals surface area (Å²) < 4.78 is 13.5. The van der Waals surface area contributed by atoms with Gasteiger partial charge in [0.15, 0.2) is 5.79 Å². The summed E-state index contributed by atoms with van der Waals surface area (Å²) in [6, 6.07) is 0.960. The first-order valence-corrected chi connectivity index (χ1v) is 20.8. The van der Waals surface area contributed by atoms with E-state index in [0.29, 0.717) is 52.7 Å². The quantitative estimate of drug-likeness (QED) is 0.300. The highest BCUT2D eigenvalue weighted by atomic mass is 16.7. The second-order valence-electron chi connectivity index (χ2n) is 18.8. The molecule has 7 heteroatoms. The van der Waals surface area contributed by atoms with E-state index in [4.69, 9.17) is 9.47 Å². The van der Waals surface area contributed by atoms with Crippen LogP contribution >= 0.6 is 0 Å². The third-order valence-corrected chi connectivity index (χ3v) is 16.2. The van der Waals surface area contributed by atoms with Crippen LogP contribution in [0, 0.1) is 46.3 Å². The van der Waals surface area contributed by atoms with Crippen molar-refractivity contribution in [3.05, 3.63) is 0 Å². The van der Waals surface area contributed by atoms with Gasteiger partial charge in [0.2, 0.25) is 0 Å². The Labute approximate surface area is 294 Å². The first kappa shape index (κ1) is 35.5. The van der Waals surface area contributed by atoms with Crippen molar-refractivity contribution >= 4 is 6.03 Å². The number of fused-ring (bicyclic) bond motifs is 3. The van der Waals surface area contributed by atoms with Gasteiger partial charge >= 0.3 is 6.03 Å². The monoisotopic (exact) mass is 669 g/mol. The molecule has 4 unspecified atom stereocenters. The van der Waals surface area contributed by atoms with Crippen LogP contribution in [0.25, 0.3) is 0 Å². The second-order valence-corrected chi connectivity index (χ2v) is 18.8. The smallest absolute Gasteiger partial charge is 0.317 e. The number of rotatable bonds is 7. The van der Waals surface area contributed by atoms with Crippen molar-refractivity contribution in [3.8, 4) is 0 Å². The van der Waals surface area contributed by atoms with E-state index in [9.17, 15) is 4.79 Å². The van der Waals surface area contributed by atoms with Crippen LogP contribution in [0.1, 0.15) is 131 Å². The molecule has 0 aromatic carbocycles. The van der Waals surface area contributed by atoms with Gasteiger partial charge in [-0.3, -0.25) is 4.90 Å². The van der Waals surface area contributed by atoms with Crippen molar-refractivity contribution in [2.24, 2.45) is 46.3 Å². The predicted molar refractivity (Wildman–Crippen MR) is 194 cm³/mol. The molecule has 0 aromatic rings. The van der Waals surface area contributed by atoms with Crippen LogP contribution in [0.15, 0.2) is 0 Å². The summed E-state index contributed by atoms with van der Waals surface area (Å²) >= 11 is 0. The Morgan fingerprint density at radius 2 is 1.62 bits per heavy atom. The van der Waals surface area contributed by atoms with E-state index in [2.05, 4.69) is 61.7 Å². The second kappa shape index (κ2) is 14.3. The number of carbonyl (C=O) groups is 1. The largest absolute Gasteiger partial charge is 0.349 e. The lowest BCUT2D eigenvalue weighted by Crippen LogP contribution is -2.55. The minimum absolute atomic E-state index is 0.230. The highest BCUT2D eigenvalue weighted by molar-refractivity contribution is 5.75. The fourth-order valence-corrected chi connectivity index (χ4v) is 12.8. The summed E-state index contributed by atoms with van der Waals surface area (Å²) in [7, 11) is 2.22. The Bertz CT molecular complexity index is 1100. The molecule has 11 atom stereocenters. The molecule has 0 radical (unpaired) electrons. The molecule has 3 saturated heterocycles. The minimum Gasteiger partial charge on any atom is -0.349 e. The molecular weight excluding hydrogens is 596 g/mol. The highest BCUT2D eigenvalue weighted by Gasteiger charge is 2.66. The van der Waals surface area contributed by atoms with Crippen molar-refractivity contribution in [2.45, 2.75) is 155 Å². The third kappa shape index (κ3) is 6.62. The molecule has 7 fully saturated rings. The van der Waals surface area contributed by atoms with E-state index in [1.54, 1.807) is 0 Å². The van der Waals surface area contributed by atoms with Gasteiger partial charge in [0.1, 0.15) is 0 Å². The maximum absolute atomic E-state index is 14.1. The van der Waals surface area contributed by atoms with Crippen molar-refractivity contribution in [1.29, 1.82) is 0 Å². The molecule has 274 valence electrons. The van der Waals surface area contributed by atoms with Crippen molar-refractivity contribution < 1.29 is 14.3 Å². The van der Waals surface area contributed by atoms with Gasteiger partial charge < -0.3 is 24.6 Å². The Kier molecular flexibility index (Phi) is 10.6. The van der Waals surface area contributed by atoms with Crippen LogP contribution in [-0.2, 0) is 9.47 Å². The molecule has 48 heavy (non-hydrogen) atoms. The van der Waals surface area contributed by atoms with Gasteiger partial charge in [0.25, 0.3) is 0 Å². The average Bonchev–Trinajstić information content (AvgIpc) is 3.53. The summed E-state index contributed by atoms with van der Waals surface area (Å²) in [5, 5.41) is 3.65. The lowest BCUT2D eigenvalue weighted by atomic mass is 9.51. The molecule has 2 amide bonds. The number of nitrogens with one attached hydrogen (secondary N) is 1. The van der Waals surface area contributed by atoms with E-state index in [0.717, 1.165) is 77.0 Å². The van der Waals surface area contributed by atoms with Gasteiger partial charge in [-0.2, -0.15) is 0 Å². The highest BCUT2D eigenvalue weighted by Crippen LogP contribution is 2.67. The number of ether oxygens (including phenoxy) is 2. The summed E-state index contributed by atoms with van der Waals surface area (Å²) in [5.41, 5.74) is 0.752. The van der Waals surface area contributed by atoms with Crippen LogP contribution in [-0.4, -0.2) is 97.6 Å². The van der Waals surface area contributed by atoms with E-state index < -0.39 is 0 Å². The van der Waals surface area contributed by atoms with Crippen LogP contribution in [0.2, 0.25) is 0 Å². The zero-order valence-electron chi connectivity index (χ0n) is 31.8. The molecule has 0 aromatic heterocycles. The van der Waals surface area contributed by atoms with Gasteiger partial charge in [-0.1, -0.05) is 60.3 Å². The Balaban J connectivity index is 0.962. The molecule has 4 aliphatic carbocycles. The summed E-state index contributed by atoms with van der Waals surface area (Å²) in [4.78, 5) is 21.3. The van der Waals surface area contributed by atoms with Gasteiger partial charge in [-0.15, -0.1) is 0 Å². The number of amides is 2. The lowest BCUT2D eigenvalue weighted by Gasteiger charge is -2.55. The molecule has 3 aliphatic heterocycles. The zero-order chi connectivity index (χ0) is 33.7. The van der Waals surface area contributed by atoms with E-state index in [1.165, 1.54) is 77.0 Å². The van der Waals surface area contributed by atoms with Gasteiger partial charge in [0.05, 0.1) is 12.7 Å². The molecule has 1 N–H and O–H groups in total. The first-order valence-electron chi connectivity index (χ1n) is 20.8. The fraction of sp³-hybridized carbons (Fsp3) is 0.976. The van der Waals surface area contributed by atoms with Crippen molar-refractivity contribution in [2.75, 3.05) is 52.9 Å². The van der Waals surface area contributed by atoms with Crippen LogP contribution in [0.3, 0.4) is 0 Å².